The van der Waals surface area contributed by atoms with Crippen molar-refractivity contribution in [2.75, 3.05) is 5.32 Å². The van der Waals surface area contributed by atoms with E-state index in [1.54, 1.807) is 18.2 Å². The molecule has 0 amide bonds. The maximum atomic E-state index is 13.7. The zero-order valence-electron chi connectivity index (χ0n) is 11.8. The van der Waals surface area contributed by atoms with Crippen molar-refractivity contribution < 1.29 is 8.78 Å². The number of hydrogen-bond acceptors (Lipinski definition) is 4. The average molecular weight is 333 g/mol. The van der Waals surface area contributed by atoms with E-state index in [0.29, 0.717) is 27.8 Å². The number of aromatic nitrogens is 3. The minimum Gasteiger partial charge on any atom is -0.366 e. The highest BCUT2D eigenvalue weighted by molar-refractivity contribution is 6.30. The van der Waals surface area contributed by atoms with Crippen molar-refractivity contribution in [1.29, 1.82) is 0 Å². The van der Waals surface area contributed by atoms with Crippen LogP contribution in [0.5, 0.6) is 0 Å². The topological polar surface area (TPSA) is 50.7 Å². The van der Waals surface area contributed by atoms with E-state index in [4.69, 9.17) is 11.6 Å². The first kappa shape index (κ1) is 15.3. The van der Waals surface area contributed by atoms with Crippen LogP contribution in [0, 0.1) is 11.6 Å². The molecule has 0 aliphatic carbocycles. The minimum absolute atomic E-state index is 0.237. The Hall–Kier alpha value is -2.60. The van der Waals surface area contributed by atoms with Gasteiger partial charge in [-0.25, -0.2) is 18.7 Å². The van der Waals surface area contributed by atoms with Crippen LogP contribution < -0.4 is 5.32 Å². The molecule has 116 valence electrons. The van der Waals surface area contributed by atoms with Gasteiger partial charge in [0.2, 0.25) is 0 Å². The lowest BCUT2D eigenvalue weighted by Crippen LogP contribution is -2.04. The smallest absolute Gasteiger partial charge is 0.163 e. The fraction of sp³-hybridized carbons (Fsp3) is 0.0625. The van der Waals surface area contributed by atoms with Gasteiger partial charge in [0, 0.05) is 35.1 Å². The summed E-state index contributed by atoms with van der Waals surface area (Å²) in [7, 11) is 0. The van der Waals surface area contributed by atoms with Crippen LogP contribution in [0.25, 0.3) is 11.4 Å². The summed E-state index contributed by atoms with van der Waals surface area (Å²) in [5.74, 6) is -0.0338. The molecule has 0 radical (unpaired) electrons. The van der Waals surface area contributed by atoms with Crippen LogP contribution in [0.3, 0.4) is 0 Å². The Balaban J connectivity index is 1.78. The molecule has 3 aromatic rings. The van der Waals surface area contributed by atoms with Crippen molar-refractivity contribution in [2.45, 2.75) is 6.54 Å². The number of halogens is 3. The first-order valence-electron chi connectivity index (χ1n) is 6.73. The molecule has 4 nitrogen and oxygen atoms in total. The van der Waals surface area contributed by atoms with Gasteiger partial charge in [-0.2, -0.15) is 0 Å². The Morgan fingerprint density at radius 1 is 1.09 bits per heavy atom. The predicted molar refractivity (Wildman–Crippen MR) is 84.0 cm³/mol. The lowest BCUT2D eigenvalue weighted by atomic mass is 10.2. The van der Waals surface area contributed by atoms with Crippen LogP contribution in [-0.2, 0) is 6.54 Å². The summed E-state index contributed by atoms with van der Waals surface area (Å²) in [5, 5.41) is 3.34. The van der Waals surface area contributed by atoms with Crippen molar-refractivity contribution >= 4 is 17.4 Å². The Morgan fingerprint density at radius 2 is 1.96 bits per heavy atom. The molecule has 0 bridgehead atoms. The van der Waals surface area contributed by atoms with Gasteiger partial charge in [-0.1, -0.05) is 17.7 Å². The van der Waals surface area contributed by atoms with Crippen LogP contribution in [0.1, 0.15) is 5.56 Å². The Kier molecular flexibility index (Phi) is 4.43. The number of pyridine rings is 1. The lowest BCUT2D eigenvalue weighted by Gasteiger charge is -2.08. The minimum atomic E-state index is -0.465. The predicted octanol–water partition coefficient (Wildman–Crippen LogP) is 4.08. The molecule has 0 saturated heterocycles. The average Bonchev–Trinajstić information content (AvgIpc) is 2.54. The molecule has 7 heteroatoms. The molecule has 2 heterocycles. The molecule has 0 fully saturated rings. The van der Waals surface area contributed by atoms with Crippen LogP contribution in [0.2, 0.25) is 5.02 Å². The van der Waals surface area contributed by atoms with Crippen molar-refractivity contribution in [2.24, 2.45) is 0 Å². The molecule has 0 spiro atoms. The van der Waals surface area contributed by atoms with Crippen molar-refractivity contribution in [3.05, 3.63) is 71.1 Å². The van der Waals surface area contributed by atoms with E-state index in [1.807, 2.05) is 0 Å². The largest absolute Gasteiger partial charge is 0.366 e. The molecule has 0 atom stereocenters. The number of hydrogen-bond donors (Lipinski definition) is 1. The second-order valence-electron chi connectivity index (χ2n) is 4.75. The van der Waals surface area contributed by atoms with Gasteiger partial charge in [-0.15, -0.1) is 0 Å². The first-order chi connectivity index (χ1) is 11.1. The van der Waals surface area contributed by atoms with E-state index in [2.05, 4.69) is 20.3 Å². The van der Waals surface area contributed by atoms with Gasteiger partial charge in [0.15, 0.2) is 5.82 Å². The zero-order valence-corrected chi connectivity index (χ0v) is 12.6. The fourth-order valence-electron chi connectivity index (χ4n) is 1.98. The quantitative estimate of drug-likeness (QED) is 0.782. The summed E-state index contributed by atoms with van der Waals surface area (Å²) in [6.07, 6.45) is 4.11. The number of rotatable bonds is 4. The Bertz CT molecular complexity index is 842. The Labute approximate surface area is 136 Å². The third-order valence-corrected chi connectivity index (χ3v) is 3.33. The molecular formula is C16H11ClF2N4. The molecule has 0 aliphatic rings. The molecule has 0 aliphatic heterocycles. The highest BCUT2D eigenvalue weighted by atomic mass is 35.5. The van der Waals surface area contributed by atoms with Crippen molar-refractivity contribution in [3.63, 3.8) is 0 Å². The molecule has 2 aromatic heterocycles. The SMILES string of the molecule is Fc1cncc(-c2nccc(NCc3ccc(Cl)cc3F)n2)c1. The second-order valence-corrected chi connectivity index (χ2v) is 5.18. The van der Waals surface area contributed by atoms with Gasteiger partial charge in [0.05, 0.1) is 6.20 Å². The van der Waals surface area contributed by atoms with Crippen molar-refractivity contribution in [1.82, 2.24) is 15.0 Å². The summed E-state index contributed by atoms with van der Waals surface area (Å²) >= 11 is 5.72. The van der Waals surface area contributed by atoms with Crippen molar-refractivity contribution in [3.8, 4) is 11.4 Å². The molecule has 1 aromatic carbocycles. The van der Waals surface area contributed by atoms with Gasteiger partial charge in [0.1, 0.15) is 17.5 Å². The summed E-state index contributed by atoms with van der Waals surface area (Å²) in [6, 6.07) is 7.41. The summed E-state index contributed by atoms with van der Waals surface area (Å²) in [5.41, 5.74) is 0.924. The monoisotopic (exact) mass is 332 g/mol. The van der Waals surface area contributed by atoms with E-state index in [9.17, 15) is 8.78 Å². The third-order valence-electron chi connectivity index (χ3n) is 3.09. The summed E-state index contributed by atoms with van der Waals surface area (Å²) in [6.45, 7) is 0.237. The van der Waals surface area contributed by atoms with Crippen LogP contribution in [-0.4, -0.2) is 15.0 Å². The molecule has 23 heavy (non-hydrogen) atoms. The van der Waals surface area contributed by atoms with Crippen LogP contribution in [0.15, 0.2) is 48.9 Å². The summed E-state index contributed by atoms with van der Waals surface area (Å²) in [4.78, 5) is 12.1. The van der Waals surface area contributed by atoms with E-state index in [0.717, 1.165) is 6.20 Å². The summed E-state index contributed by atoms with van der Waals surface area (Å²) < 4.78 is 26.9. The highest BCUT2D eigenvalue weighted by Crippen LogP contribution is 2.18. The lowest BCUT2D eigenvalue weighted by molar-refractivity contribution is 0.613. The van der Waals surface area contributed by atoms with Gasteiger partial charge in [-0.05, 0) is 24.3 Å². The van der Waals surface area contributed by atoms with Crippen LogP contribution >= 0.6 is 11.6 Å². The van der Waals surface area contributed by atoms with Gasteiger partial charge in [-0.3, -0.25) is 4.98 Å². The third kappa shape index (κ3) is 3.78. The normalized spacial score (nSPS) is 10.6. The number of nitrogens with one attached hydrogen (secondary N) is 1. The van der Waals surface area contributed by atoms with E-state index < -0.39 is 11.6 Å². The zero-order chi connectivity index (χ0) is 16.2. The van der Waals surface area contributed by atoms with Gasteiger partial charge >= 0.3 is 0 Å². The second kappa shape index (κ2) is 6.66. The first-order valence-corrected chi connectivity index (χ1v) is 7.11. The number of nitrogens with zero attached hydrogens (tertiary/aromatic N) is 3. The fourth-order valence-corrected chi connectivity index (χ4v) is 2.14. The van der Waals surface area contributed by atoms with Gasteiger partial charge in [0.25, 0.3) is 0 Å². The molecule has 0 unspecified atom stereocenters. The highest BCUT2D eigenvalue weighted by Gasteiger charge is 2.06. The van der Waals surface area contributed by atoms with E-state index in [-0.39, 0.29) is 6.54 Å². The van der Waals surface area contributed by atoms with Crippen LogP contribution in [0.4, 0.5) is 14.6 Å². The number of anilines is 1. The molecule has 3 rings (SSSR count). The van der Waals surface area contributed by atoms with E-state index >= 15 is 0 Å². The van der Waals surface area contributed by atoms with E-state index in [1.165, 1.54) is 24.5 Å². The molecule has 0 saturated carbocycles. The molecular weight excluding hydrogens is 322 g/mol. The maximum Gasteiger partial charge on any atom is 0.163 e. The molecule has 1 N–H and O–H groups in total. The van der Waals surface area contributed by atoms with Gasteiger partial charge < -0.3 is 5.32 Å². The Morgan fingerprint density at radius 3 is 2.74 bits per heavy atom. The maximum absolute atomic E-state index is 13.7. The standard InChI is InChI=1S/C16H11ClF2N4/c17-12-2-1-10(14(19)6-12)8-22-15-3-4-21-16(23-15)11-5-13(18)9-20-7-11/h1-7,9H,8H2,(H,21,22,23). The number of benzene rings is 1.